The zero-order chi connectivity index (χ0) is 8.48. The molecule has 1 fully saturated rings. The van der Waals surface area contributed by atoms with Gasteiger partial charge in [-0.1, -0.05) is 13.8 Å². The van der Waals surface area contributed by atoms with E-state index in [9.17, 15) is 0 Å². The third-order valence-corrected chi connectivity index (χ3v) is 2.45. The molecule has 1 aliphatic heterocycles. The molecule has 0 bridgehead atoms. The highest BCUT2D eigenvalue weighted by Gasteiger charge is 2.34. The molecule has 2 nitrogen and oxygen atoms in total. The molecule has 0 spiro atoms. The molecule has 1 atom stereocenters. The van der Waals surface area contributed by atoms with Crippen molar-refractivity contribution in [1.82, 2.24) is 4.90 Å². The lowest BCUT2D eigenvalue weighted by molar-refractivity contribution is 0.129. The zero-order valence-electron chi connectivity index (χ0n) is 8.05. The maximum absolute atomic E-state index is 5.15. The number of methoxy groups -OCH3 is 1. The van der Waals surface area contributed by atoms with Gasteiger partial charge in [0.25, 0.3) is 0 Å². The van der Waals surface area contributed by atoms with Crippen LogP contribution in [0.25, 0.3) is 0 Å². The van der Waals surface area contributed by atoms with Gasteiger partial charge in [0.1, 0.15) is 0 Å². The van der Waals surface area contributed by atoms with E-state index in [-0.39, 0.29) is 0 Å². The normalized spacial score (nSPS) is 31.1. The summed E-state index contributed by atoms with van der Waals surface area (Å²) in [4.78, 5) is 2.39. The van der Waals surface area contributed by atoms with E-state index in [0.29, 0.717) is 11.5 Å². The molecule has 0 amide bonds. The van der Waals surface area contributed by atoms with Crippen LogP contribution in [0.3, 0.4) is 0 Å². The van der Waals surface area contributed by atoms with E-state index in [1.807, 2.05) is 0 Å². The summed E-state index contributed by atoms with van der Waals surface area (Å²) in [7, 11) is 3.96. The van der Waals surface area contributed by atoms with Gasteiger partial charge in [-0.15, -0.1) is 0 Å². The van der Waals surface area contributed by atoms with Gasteiger partial charge in [-0.25, -0.2) is 0 Å². The fraction of sp³-hybridized carbons (Fsp3) is 1.00. The van der Waals surface area contributed by atoms with E-state index in [1.165, 1.54) is 13.0 Å². The van der Waals surface area contributed by atoms with Crippen LogP contribution in [0.2, 0.25) is 0 Å². The van der Waals surface area contributed by atoms with Crippen LogP contribution in [0.5, 0.6) is 0 Å². The molecule has 1 aliphatic rings. The summed E-state index contributed by atoms with van der Waals surface area (Å²) in [5, 5.41) is 0. The SMILES string of the molecule is COCC1CC(C)(C)CN1C. The quantitative estimate of drug-likeness (QED) is 0.600. The third-order valence-electron chi connectivity index (χ3n) is 2.45. The molecule has 0 aromatic carbocycles. The molecule has 2 heteroatoms. The van der Waals surface area contributed by atoms with Crippen molar-refractivity contribution in [2.24, 2.45) is 5.41 Å². The Morgan fingerprint density at radius 2 is 2.18 bits per heavy atom. The Morgan fingerprint density at radius 3 is 2.55 bits per heavy atom. The van der Waals surface area contributed by atoms with Crippen LogP contribution >= 0.6 is 0 Å². The summed E-state index contributed by atoms with van der Waals surface area (Å²) in [6, 6.07) is 0.634. The van der Waals surface area contributed by atoms with Crippen molar-refractivity contribution in [2.45, 2.75) is 26.3 Å². The van der Waals surface area contributed by atoms with E-state index >= 15 is 0 Å². The molecule has 0 saturated carbocycles. The van der Waals surface area contributed by atoms with E-state index < -0.39 is 0 Å². The van der Waals surface area contributed by atoms with Crippen LogP contribution in [0.4, 0.5) is 0 Å². The molecule has 1 heterocycles. The number of hydrogen-bond acceptors (Lipinski definition) is 2. The van der Waals surface area contributed by atoms with Crippen molar-refractivity contribution in [3.8, 4) is 0 Å². The Balaban J connectivity index is 2.45. The van der Waals surface area contributed by atoms with Gasteiger partial charge in [-0.05, 0) is 18.9 Å². The molecule has 0 aliphatic carbocycles. The number of rotatable bonds is 2. The van der Waals surface area contributed by atoms with Crippen molar-refractivity contribution >= 4 is 0 Å². The standard InChI is InChI=1S/C9H19NO/c1-9(2)5-8(6-11-4)10(3)7-9/h8H,5-7H2,1-4H3. The maximum Gasteiger partial charge on any atom is 0.0618 e. The Hall–Kier alpha value is -0.0800. The highest BCUT2D eigenvalue weighted by atomic mass is 16.5. The second-order valence-electron chi connectivity index (χ2n) is 4.39. The third kappa shape index (κ3) is 2.17. The number of likely N-dealkylation sites (tertiary alicyclic amines) is 1. The lowest BCUT2D eigenvalue weighted by Gasteiger charge is -2.17. The highest BCUT2D eigenvalue weighted by molar-refractivity contribution is 4.88. The van der Waals surface area contributed by atoms with Gasteiger partial charge in [-0.2, -0.15) is 0 Å². The van der Waals surface area contributed by atoms with E-state index in [1.54, 1.807) is 7.11 Å². The molecule has 0 aromatic rings. The molecular weight excluding hydrogens is 138 g/mol. The molecule has 0 aromatic heterocycles. The fourth-order valence-corrected chi connectivity index (χ4v) is 2.04. The van der Waals surface area contributed by atoms with Crippen molar-refractivity contribution < 1.29 is 4.74 Å². The van der Waals surface area contributed by atoms with Crippen LogP contribution in [0.15, 0.2) is 0 Å². The van der Waals surface area contributed by atoms with Gasteiger partial charge in [-0.3, -0.25) is 0 Å². The fourth-order valence-electron chi connectivity index (χ4n) is 2.04. The highest BCUT2D eigenvalue weighted by Crippen LogP contribution is 2.32. The van der Waals surface area contributed by atoms with Crippen LogP contribution in [-0.2, 0) is 4.74 Å². The Kier molecular flexibility index (Phi) is 2.55. The first kappa shape index (κ1) is 9.01. The summed E-state index contributed by atoms with van der Waals surface area (Å²) >= 11 is 0. The predicted octanol–water partition coefficient (Wildman–Crippen LogP) is 1.36. The number of ether oxygens (including phenoxy) is 1. The van der Waals surface area contributed by atoms with Crippen LogP contribution in [0, 0.1) is 5.41 Å². The predicted molar refractivity (Wildman–Crippen MR) is 46.7 cm³/mol. The molecule has 11 heavy (non-hydrogen) atoms. The van der Waals surface area contributed by atoms with Gasteiger partial charge in [0.15, 0.2) is 0 Å². The Labute approximate surface area is 69.5 Å². The minimum Gasteiger partial charge on any atom is -0.383 e. The molecule has 0 N–H and O–H groups in total. The summed E-state index contributed by atoms with van der Waals surface area (Å²) in [5.74, 6) is 0. The van der Waals surface area contributed by atoms with E-state index in [2.05, 4.69) is 25.8 Å². The molecule has 1 unspecified atom stereocenters. The largest absolute Gasteiger partial charge is 0.383 e. The van der Waals surface area contributed by atoms with Gasteiger partial charge in [0, 0.05) is 19.7 Å². The number of nitrogens with zero attached hydrogens (tertiary/aromatic N) is 1. The first-order chi connectivity index (χ1) is 5.05. The topological polar surface area (TPSA) is 12.5 Å². The van der Waals surface area contributed by atoms with Crippen molar-refractivity contribution in [3.63, 3.8) is 0 Å². The second-order valence-corrected chi connectivity index (χ2v) is 4.39. The van der Waals surface area contributed by atoms with Crippen molar-refractivity contribution in [3.05, 3.63) is 0 Å². The minimum atomic E-state index is 0.484. The summed E-state index contributed by atoms with van der Waals surface area (Å²) in [6.45, 7) is 6.71. The van der Waals surface area contributed by atoms with E-state index in [4.69, 9.17) is 4.74 Å². The molecular formula is C9H19NO. The maximum atomic E-state index is 5.15. The summed E-state index contributed by atoms with van der Waals surface area (Å²) < 4.78 is 5.15. The lowest BCUT2D eigenvalue weighted by atomic mass is 9.91. The minimum absolute atomic E-state index is 0.484. The molecule has 66 valence electrons. The molecule has 1 rings (SSSR count). The van der Waals surface area contributed by atoms with Gasteiger partial charge in [0.2, 0.25) is 0 Å². The summed E-state index contributed by atoms with van der Waals surface area (Å²) in [5.41, 5.74) is 0.484. The number of likely N-dealkylation sites (N-methyl/N-ethyl adjacent to an activating group) is 1. The molecule has 0 radical (unpaired) electrons. The smallest absolute Gasteiger partial charge is 0.0618 e. The van der Waals surface area contributed by atoms with E-state index in [0.717, 1.165) is 6.61 Å². The van der Waals surface area contributed by atoms with Crippen molar-refractivity contribution in [1.29, 1.82) is 0 Å². The van der Waals surface area contributed by atoms with Crippen LogP contribution in [0.1, 0.15) is 20.3 Å². The van der Waals surface area contributed by atoms with Crippen LogP contribution < -0.4 is 0 Å². The first-order valence-corrected chi connectivity index (χ1v) is 4.24. The summed E-state index contributed by atoms with van der Waals surface area (Å²) in [6.07, 6.45) is 1.26. The van der Waals surface area contributed by atoms with Gasteiger partial charge in [0.05, 0.1) is 6.61 Å². The first-order valence-electron chi connectivity index (χ1n) is 4.24. The van der Waals surface area contributed by atoms with Crippen LogP contribution in [-0.4, -0.2) is 38.3 Å². The Morgan fingerprint density at radius 1 is 1.55 bits per heavy atom. The average Bonchev–Trinajstić information content (AvgIpc) is 2.07. The van der Waals surface area contributed by atoms with Gasteiger partial charge < -0.3 is 9.64 Å². The monoisotopic (exact) mass is 157 g/mol. The second kappa shape index (κ2) is 3.11. The zero-order valence-corrected chi connectivity index (χ0v) is 8.05. The average molecular weight is 157 g/mol. The molecule has 1 saturated heterocycles. The van der Waals surface area contributed by atoms with Gasteiger partial charge >= 0.3 is 0 Å². The lowest BCUT2D eigenvalue weighted by Crippen LogP contribution is -2.28. The number of hydrogen-bond donors (Lipinski definition) is 0. The van der Waals surface area contributed by atoms with Crippen molar-refractivity contribution in [2.75, 3.05) is 27.3 Å². The Bertz CT molecular complexity index is 134.